The lowest BCUT2D eigenvalue weighted by Crippen LogP contribution is -2.13. The number of hydrogen-bond donors (Lipinski definition) is 1. The summed E-state index contributed by atoms with van der Waals surface area (Å²) in [5, 5.41) is 6.41. The average molecular weight is 238 g/mol. The monoisotopic (exact) mass is 238 g/mol. The van der Waals surface area contributed by atoms with Crippen molar-refractivity contribution in [2.45, 2.75) is 32.6 Å². The van der Waals surface area contributed by atoms with Crippen LogP contribution in [-0.2, 0) is 11.8 Å². The summed E-state index contributed by atoms with van der Waals surface area (Å²) in [4.78, 5) is 8.48. The lowest BCUT2D eigenvalue weighted by atomic mass is 9.96. The zero-order valence-corrected chi connectivity index (χ0v) is 10.3. The summed E-state index contributed by atoms with van der Waals surface area (Å²) in [5.41, 5.74) is 6.32. The van der Waals surface area contributed by atoms with Crippen molar-refractivity contribution in [3.05, 3.63) is 22.8 Å². The Labute approximate surface area is 97.7 Å². The van der Waals surface area contributed by atoms with E-state index in [4.69, 9.17) is 10.3 Å². The molecule has 0 aliphatic heterocycles. The van der Waals surface area contributed by atoms with Gasteiger partial charge in [-0.15, -0.1) is 11.3 Å². The van der Waals surface area contributed by atoms with E-state index in [0.29, 0.717) is 23.3 Å². The zero-order valence-electron chi connectivity index (χ0n) is 9.52. The van der Waals surface area contributed by atoms with E-state index in [-0.39, 0.29) is 5.41 Å². The summed E-state index contributed by atoms with van der Waals surface area (Å²) < 4.78 is 5.17. The molecular weight excluding hydrogens is 224 g/mol. The van der Waals surface area contributed by atoms with Crippen LogP contribution in [0.5, 0.6) is 0 Å². The molecule has 0 aliphatic carbocycles. The fourth-order valence-corrected chi connectivity index (χ4v) is 1.75. The zero-order chi connectivity index (χ0) is 11.8. The molecule has 0 spiro atoms. The standard InChI is InChI=1S/C10H14N4OS/c1-10(2,3)8-13-7(15-14-8)4-6-5-16-9(11)12-6/h5H,4H2,1-3H3,(H2,11,12). The molecule has 86 valence electrons. The molecule has 0 unspecified atom stereocenters. The first kappa shape index (κ1) is 11.1. The number of hydrogen-bond acceptors (Lipinski definition) is 6. The number of anilines is 1. The highest BCUT2D eigenvalue weighted by Gasteiger charge is 2.21. The van der Waals surface area contributed by atoms with E-state index in [1.54, 1.807) is 0 Å². The molecule has 0 saturated carbocycles. The van der Waals surface area contributed by atoms with Crippen molar-refractivity contribution < 1.29 is 4.52 Å². The van der Waals surface area contributed by atoms with E-state index in [0.717, 1.165) is 5.69 Å². The van der Waals surface area contributed by atoms with Crippen LogP contribution >= 0.6 is 11.3 Å². The van der Waals surface area contributed by atoms with Gasteiger partial charge in [-0.05, 0) is 0 Å². The summed E-state index contributed by atoms with van der Waals surface area (Å²) in [7, 11) is 0. The smallest absolute Gasteiger partial charge is 0.232 e. The second kappa shape index (κ2) is 3.86. The number of thiazole rings is 1. The first-order chi connectivity index (χ1) is 7.45. The van der Waals surface area contributed by atoms with Gasteiger partial charge in [0.15, 0.2) is 11.0 Å². The number of rotatable bonds is 2. The molecule has 2 aromatic heterocycles. The van der Waals surface area contributed by atoms with Crippen molar-refractivity contribution in [2.75, 3.05) is 5.73 Å². The van der Waals surface area contributed by atoms with E-state index < -0.39 is 0 Å². The van der Waals surface area contributed by atoms with Crippen LogP contribution in [0.15, 0.2) is 9.90 Å². The van der Waals surface area contributed by atoms with Gasteiger partial charge >= 0.3 is 0 Å². The summed E-state index contributed by atoms with van der Waals surface area (Å²) in [6.45, 7) is 6.13. The molecule has 0 radical (unpaired) electrons. The molecule has 0 fully saturated rings. The number of nitrogens with two attached hydrogens (primary N) is 1. The summed E-state index contributed by atoms with van der Waals surface area (Å²) in [5.74, 6) is 1.29. The van der Waals surface area contributed by atoms with Crippen LogP contribution < -0.4 is 5.73 Å². The molecule has 0 aliphatic rings. The minimum absolute atomic E-state index is 0.0944. The largest absolute Gasteiger partial charge is 0.375 e. The van der Waals surface area contributed by atoms with Gasteiger partial charge in [-0.2, -0.15) is 4.98 Å². The Bertz CT molecular complexity index is 483. The Balaban J connectivity index is 2.14. The predicted octanol–water partition coefficient (Wildman–Crippen LogP) is 2.00. The highest BCUT2D eigenvalue weighted by atomic mass is 32.1. The maximum Gasteiger partial charge on any atom is 0.232 e. The van der Waals surface area contributed by atoms with Crippen molar-refractivity contribution in [3.63, 3.8) is 0 Å². The number of nitrogen functional groups attached to an aromatic ring is 1. The van der Waals surface area contributed by atoms with Gasteiger partial charge in [-0.1, -0.05) is 25.9 Å². The van der Waals surface area contributed by atoms with E-state index >= 15 is 0 Å². The van der Waals surface area contributed by atoms with Crippen LogP contribution in [0.1, 0.15) is 38.2 Å². The van der Waals surface area contributed by atoms with E-state index in [2.05, 4.69) is 15.1 Å². The molecule has 6 heteroatoms. The Morgan fingerprint density at radius 3 is 2.62 bits per heavy atom. The van der Waals surface area contributed by atoms with Gasteiger partial charge < -0.3 is 10.3 Å². The van der Waals surface area contributed by atoms with Crippen LogP contribution in [0.2, 0.25) is 0 Å². The van der Waals surface area contributed by atoms with Gasteiger partial charge in [0.2, 0.25) is 5.89 Å². The van der Waals surface area contributed by atoms with Crippen molar-refractivity contribution in [3.8, 4) is 0 Å². The van der Waals surface area contributed by atoms with Crippen LogP contribution in [0, 0.1) is 0 Å². The van der Waals surface area contributed by atoms with Gasteiger partial charge in [-0.25, -0.2) is 4.98 Å². The van der Waals surface area contributed by atoms with Crippen LogP contribution in [0.4, 0.5) is 5.13 Å². The second-order valence-corrected chi connectivity index (χ2v) is 5.51. The summed E-state index contributed by atoms with van der Waals surface area (Å²) in [6.07, 6.45) is 0.538. The molecule has 2 heterocycles. The fourth-order valence-electron chi connectivity index (χ4n) is 1.19. The Morgan fingerprint density at radius 1 is 1.38 bits per heavy atom. The van der Waals surface area contributed by atoms with Gasteiger partial charge in [0.05, 0.1) is 12.1 Å². The maximum absolute atomic E-state index is 5.55. The number of nitrogens with zero attached hydrogens (tertiary/aromatic N) is 3. The summed E-state index contributed by atoms with van der Waals surface area (Å²) in [6, 6.07) is 0. The fraction of sp³-hybridized carbons (Fsp3) is 0.500. The molecule has 0 aromatic carbocycles. The lowest BCUT2D eigenvalue weighted by molar-refractivity contribution is 0.367. The molecule has 16 heavy (non-hydrogen) atoms. The van der Waals surface area contributed by atoms with Crippen molar-refractivity contribution in [1.82, 2.24) is 15.1 Å². The molecule has 0 atom stereocenters. The molecule has 2 aromatic rings. The molecule has 0 bridgehead atoms. The van der Waals surface area contributed by atoms with E-state index in [9.17, 15) is 0 Å². The number of aromatic nitrogens is 3. The van der Waals surface area contributed by atoms with Gasteiger partial charge in [0.25, 0.3) is 0 Å². The van der Waals surface area contributed by atoms with Crippen LogP contribution in [0.25, 0.3) is 0 Å². The van der Waals surface area contributed by atoms with Gasteiger partial charge in [0.1, 0.15) is 0 Å². The van der Waals surface area contributed by atoms with Crippen molar-refractivity contribution in [1.29, 1.82) is 0 Å². The van der Waals surface area contributed by atoms with Crippen LogP contribution in [-0.4, -0.2) is 15.1 Å². The van der Waals surface area contributed by atoms with Crippen LogP contribution in [0.3, 0.4) is 0 Å². The minimum Gasteiger partial charge on any atom is -0.375 e. The van der Waals surface area contributed by atoms with E-state index in [1.807, 2.05) is 26.2 Å². The topological polar surface area (TPSA) is 77.8 Å². The highest BCUT2D eigenvalue weighted by molar-refractivity contribution is 7.13. The minimum atomic E-state index is -0.0944. The molecule has 2 N–H and O–H groups in total. The Hall–Kier alpha value is -1.43. The summed E-state index contributed by atoms with van der Waals surface area (Å²) >= 11 is 1.41. The third-order valence-electron chi connectivity index (χ3n) is 2.04. The predicted molar refractivity (Wildman–Crippen MR) is 62.3 cm³/mol. The second-order valence-electron chi connectivity index (χ2n) is 4.62. The Kier molecular flexibility index (Phi) is 2.67. The lowest BCUT2D eigenvalue weighted by Gasteiger charge is -2.10. The SMILES string of the molecule is CC(C)(C)c1noc(Cc2csc(N)n2)n1. The van der Waals surface area contributed by atoms with Gasteiger partial charge in [-0.3, -0.25) is 0 Å². The first-order valence-corrected chi connectivity index (χ1v) is 5.86. The molecular formula is C10H14N4OS. The first-order valence-electron chi connectivity index (χ1n) is 4.98. The average Bonchev–Trinajstić information content (AvgIpc) is 2.74. The van der Waals surface area contributed by atoms with Gasteiger partial charge in [0, 0.05) is 10.8 Å². The normalized spacial score (nSPS) is 11.9. The maximum atomic E-state index is 5.55. The molecule has 0 amide bonds. The van der Waals surface area contributed by atoms with Crippen molar-refractivity contribution in [2.24, 2.45) is 0 Å². The highest BCUT2D eigenvalue weighted by Crippen LogP contribution is 2.20. The van der Waals surface area contributed by atoms with Crippen molar-refractivity contribution >= 4 is 16.5 Å². The molecule has 0 saturated heterocycles. The molecule has 2 rings (SSSR count). The third-order valence-corrected chi connectivity index (χ3v) is 2.76. The third kappa shape index (κ3) is 2.38. The Morgan fingerprint density at radius 2 is 2.12 bits per heavy atom. The van der Waals surface area contributed by atoms with E-state index in [1.165, 1.54) is 11.3 Å². The quantitative estimate of drug-likeness (QED) is 0.865. The molecule has 5 nitrogen and oxygen atoms in total.